The number of aromatic nitrogens is 2. The van der Waals surface area contributed by atoms with Crippen LogP contribution in [0.1, 0.15) is 33.1 Å². The molecular formula is C28H31FN4O4S2. The van der Waals surface area contributed by atoms with Gasteiger partial charge in [-0.05, 0) is 44.9 Å². The fraction of sp³-hybridized carbons (Fsp3) is 0.357. The average molecular weight is 571 g/mol. The van der Waals surface area contributed by atoms with E-state index in [1.165, 1.54) is 28.0 Å². The summed E-state index contributed by atoms with van der Waals surface area (Å²) < 4.78 is 22.4. The molecule has 4 aromatic rings. The Balaban J connectivity index is 1.47. The van der Waals surface area contributed by atoms with Crippen LogP contribution in [0.25, 0.3) is 20.3 Å². The van der Waals surface area contributed by atoms with Crippen molar-refractivity contribution in [1.29, 1.82) is 0 Å². The van der Waals surface area contributed by atoms with Gasteiger partial charge in [0.25, 0.3) is 5.56 Å². The number of carbonyl (C=O) groups is 2. The van der Waals surface area contributed by atoms with Gasteiger partial charge in [0, 0.05) is 36.2 Å². The minimum absolute atomic E-state index is 0.0622. The van der Waals surface area contributed by atoms with Crippen LogP contribution in [0.3, 0.4) is 0 Å². The molecule has 0 fully saturated rings. The Hall–Kier alpha value is -3.28. The van der Waals surface area contributed by atoms with E-state index >= 15 is 0 Å². The van der Waals surface area contributed by atoms with Gasteiger partial charge < -0.3 is 15.4 Å². The van der Waals surface area contributed by atoms with E-state index in [9.17, 15) is 18.8 Å². The lowest BCUT2D eigenvalue weighted by molar-refractivity contribution is -0.121. The van der Waals surface area contributed by atoms with Crippen molar-refractivity contribution < 1.29 is 18.7 Å². The maximum absolute atomic E-state index is 14.0. The third-order valence-corrected chi connectivity index (χ3v) is 7.93. The standard InChI is InChI=1S/C28H31FN4O4S2/c1-18(2)37-16-8-14-30-23(34)13-7-15-33-27(36)26-25(19-9-3-6-12-22(19)39-26)32-28(33)38-17-24(35)31-21-11-5-4-10-20(21)29/h3-6,9-12,18H,7-8,13-17H2,1-2H3,(H,30,34)(H,31,35). The molecule has 0 aliphatic heterocycles. The topological polar surface area (TPSA) is 102 Å². The first-order valence-electron chi connectivity index (χ1n) is 12.8. The molecule has 0 spiro atoms. The molecular weight excluding hydrogens is 539 g/mol. The Morgan fingerprint density at radius 3 is 2.67 bits per heavy atom. The zero-order valence-corrected chi connectivity index (χ0v) is 23.5. The lowest BCUT2D eigenvalue weighted by atomic mass is 10.2. The van der Waals surface area contributed by atoms with Crippen molar-refractivity contribution in [3.05, 3.63) is 64.7 Å². The molecule has 0 unspecified atom stereocenters. The second-order valence-corrected chi connectivity index (χ2v) is 11.2. The summed E-state index contributed by atoms with van der Waals surface area (Å²) in [4.78, 5) is 43.2. The number of nitrogens with one attached hydrogen (secondary N) is 2. The van der Waals surface area contributed by atoms with Crippen LogP contribution in [-0.2, 0) is 20.9 Å². The smallest absolute Gasteiger partial charge is 0.272 e. The lowest BCUT2D eigenvalue weighted by Gasteiger charge is -2.12. The van der Waals surface area contributed by atoms with Crippen LogP contribution < -0.4 is 16.2 Å². The molecule has 39 heavy (non-hydrogen) atoms. The predicted octanol–water partition coefficient (Wildman–Crippen LogP) is 5.19. The number of fused-ring (bicyclic) bond motifs is 3. The summed E-state index contributed by atoms with van der Waals surface area (Å²) in [6.45, 7) is 5.32. The molecule has 11 heteroatoms. The highest BCUT2D eigenvalue weighted by Crippen LogP contribution is 2.32. The van der Waals surface area contributed by atoms with Crippen molar-refractivity contribution in [2.75, 3.05) is 24.2 Å². The van der Waals surface area contributed by atoms with Crippen molar-refractivity contribution in [2.45, 2.75) is 50.9 Å². The van der Waals surface area contributed by atoms with E-state index in [0.717, 1.165) is 28.3 Å². The van der Waals surface area contributed by atoms with Gasteiger partial charge in [0.1, 0.15) is 10.5 Å². The molecule has 4 rings (SSSR count). The fourth-order valence-corrected chi connectivity index (χ4v) is 5.85. The SMILES string of the molecule is CC(C)OCCCNC(=O)CCCn1c(SCC(=O)Nc2ccccc2F)nc2c(sc3ccccc32)c1=O. The summed E-state index contributed by atoms with van der Waals surface area (Å²) in [5.41, 5.74) is 0.481. The monoisotopic (exact) mass is 570 g/mol. The van der Waals surface area contributed by atoms with E-state index in [2.05, 4.69) is 10.6 Å². The number of ether oxygens (including phenoxy) is 1. The maximum atomic E-state index is 14.0. The number of para-hydroxylation sites is 1. The van der Waals surface area contributed by atoms with Crippen LogP contribution in [-0.4, -0.2) is 46.4 Å². The first-order valence-corrected chi connectivity index (χ1v) is 14.6. The molecule has 2 N–H and O–H groups in total. The van der Waals surface area contributed by atoms with Crippen LogP contribution in [0.5, 0.6) is 0 Å². The lowest BCUT2D eigenvalue weighted by Crippen LogP contribution is -2.27. The minimum atomic E-state index is -0.525. The van der Waals surface area contributed by atoms with Gasteiger partial charge in [-0.3, -0.25) is 19.0 Å². The van der Waals surface area contributed by atoms with Crippen LogP contribution in [0.4, 0.5) is 10.1 Å². The van der Waals surface area contributed by atoms with E-state index in [0.29, 0.717) is 34.9 Å². The number of hydrogen-bond donors (Lipinski definition) is 2. The largest absolute Gasteiger partial charge is 0.379 e. The first-order chi connectivity index (χ1) is 18.8. The molecule has 0 radical (unpaired) electrons. The van der Waals surface area contributed by atoms with Crippen molar-refractivity contribution in [3.63, 3.8) is 0 Å². The Bertz CT molecular complexity index is 1520. The van der Waals surface area contributed by atoms with Crippen LogP contribution in [0, 0.1) is 5.82 Å². The Kier molecular flexibility index (Phi) is 10.1. The number of thiophene rings is 1. The normalized spacial score (nSPS) is 11.4. The first kappa shape index (κ1) is 28.7. The third-order valence-electron chi connectivity index (χ3n) is 5.81. The van der Waals surface area contributed by atoms with Gasteiger partial charge in [0.15, 0.2) is 5.16 Å². The van der Waals surface area contributed by atoms with E-state index in [1.807, 2.05) is 38.1 Å². The Morgan fingerprint density at radius 1 is 1.10 bits per heavy atom. The highest BCUT2D eigenvalue weighted by Gasteiger charge is 2.18. The van der Waals surface area contributed by atoms with Crippen molar-refractivity contribution in [1.82, 2.24) is 14.9 Å². The number of thioether (sulfide) groups is 1. The number of anilines is 1. The summed E-state index contributed by atoms with van der Waals surface area (Å²) in [5, 5.41) is 6.69. The Morgan fingerprint density at radius 2 is 1.87 bits per heavy atom. The van der Waals surface area contributed by atoms with Gasteiger partial charge in [0.05, 0.1) is 23.1 Å². The number of carbonyl (C=O) groups excluding carboxylic acids is 2. The molecule has 0 bridgehead atoms. The zero-order chi connectivity index (χ0) is 27.8. The second-order valence-electron chi connectivity index (χ2n) is 9.17. The molecule has 0 aliphatic rings. The molecule has 2 heterocycles. The van der Waals surface area contributed by atoms with Gasteiger partial charge in [-0.1, -0.05) is 42.1 Å². The fourth-order valence-electron chi connectivity index (χ4n) is 3.94. The molecule has 0 saturated carbocycles. The van der Waals surface area contributed by atoms with Gasteiger partial charge in [-0.2, -0.15) is 0 Å². The van der Waals surface area contributed by atoms with E-state index < -0.39 is 11.7 Å². The highest BCUT2D eigenvalue weighted by molar-refractivity contribution is 7.99. The van der Waals surface area contributed by atoms with Crippen LogP contribution >= 0.6 is 23.1 Å². The molecule has 0 atom stereocenters. The maximum Gasteiger partial charge on any atom is 0.272 e. The van der Waals surface area contributed by atoms with Crippen molar-refractivity contribution >= 4 is 60.9 Å². The van der Waals surface area contributed by atoms with Crippen molar-refractivity contribution in [3.8, 4) is 0 Å². The molecule has 2 aromatic carbocycles. The number of halogens is 1. The molecule has 2 aromatic heterocycles. The number of nitrogens with zero attached hydrogens (tertiary/aromatic N) is 2. The van der Waals surface area contributed by atoms with Crippen molar-refractivity contribution in [2.24, 2.45) is 0 Å². The van der Waals surface area contributed by atoms with Crippen LogP contribution in [0.15, 0.2) is 58.5 Å². The second kappa shape index (κ2) is 13.7. The predicted molar refractivity (Wildman–Crippen MR) is 155 cm³/mol. The van der Waals surface area contributed by atoms with Gasteiger partial charge in [-0.25, -0.2) is 9.37 Å². The quantitative estimate of drug-likeness (QED) is 0.130. The number of amides is 2. The van der Waals surface area contributed by atoms with Gasteiger partial charge in [-0.15, -0.1) is 11.3 Å². The summed E-state index contributed by atoms with van der Waals surface area (Å²) in [6.07, 6.45) is 1.57. The van der Waals surface area contributed by atoms with E-state index in [1.54, 1.807) is 12.1 Å². The third kappa shape index (κ3) is 7.65. The summed E-state index contributed by atoms with van der Waals surface area (Å²) in [5.74, 6) is -1.10. The molecule has 206 valence electrons. The zero-order valence-electron chi connectivity index (χ0n) is 21.9. The van der Waals surface area contributed by atoms with Gasteiger partial charge in [0.2, 0.25) is 11.8 Å². The Labute approximate surface area is 234 Å². The molecule has 8 nitrogen and oxygen atoms in total. The number of benzene rings is 2. The summed E-state index contributed by atoms with van der Waals surface area (Å²) in [6, 6.07) is 13.6. The molecule has 0 aliphatic carbocycles. The highest BCUT2D eigenvalue weighted by atomic mass is 32.2. The summed E-state index contributed by atoms with van der Waals surface area (Å²) in [7, 11) is 0. The van der Waals surface area contributed by atoms with E-state index in [-0.39, 0.29) is 42.0 Å². The average Bonchev–Trinajstić information content (AvgIpc) is 3.29. The number of rotatable bonds is 13. The number of hydrogen-bond acceptors (Lipinski definition) is 7. The van der Waals surface area contributed by atoms with Crippen LogP contribution in [0.2, 0.25) is 0 Å². The molecule has 2 amide bonds. The van der Waals surface area contributed by atoms with E-state index in [4.69, 9.17) is 9.72 Å². The minimum Gasteiger partial charge on any atom is -0.379 e. The molecule has 0 saturated heterocycles. The summed E-state index contributed by atoms with van der Waals surface area (Å²) >= 11 is 2.49. The van der Waals surface area contributed by atoms with Gasteiger partial charge >= 0.3 is 0 Å².